The van der Waals surface area contributed by atoms with E-state index in [0.29, 0.717) is 23.7 Å². The summed E-state index contributed by atoms with van der Waals surface area (Å²) in [5.41, 5.74) is 1.20. The number of carbonyl (C=O) groups excluding carboxylic acids is 2. The number of hydrogen-bond acceptors (Lipinski definition) is 4. The molecule has 1 aliphatic heterocycles. The molecule has 24 heavy (non-hydrogen) atoms. The molecule has 0 aromatic heterocycles. The molecule has 0 saturated carbocycles. The summed E-state index contributed by atoms with van der Waals surface area (Å²) in [6.07, 6.45) is 6.08. The normalized spacial score (nSPS) is 15.9. The van der Waals surface area contributed by atoms with Crippen LogP contribution in [-0.4, -0.2) is 43.5 Å². The third-order valence-corrected chi connectivity index (χ3v) is 4.11. The fourth-order valence-electron chi connectivity index (χ4n) is 2.95. The Morgan fingerprint density at radius 3 is 2.38 bits per heavy atom. The maximum Gasteiger partial charge on any atom is 0.238 e. The lowest BCUT2D eigenvalue weighted by Gasteiger charge is -2.24. The van der Waals surface area contributed by atoms with Crippen molar-refractivity contribution >= 4 is 23.2 Å². The number of benzene rings is 1. The van der Waals surface area contributed by atoms with Gasteiger partial charge in [-0.15, -0.1) is 0 Å². The summed E-state index contributed by atoms with van der Waals surface area (Å²) in [5.74, 6) is 0.358. The lowest BCUT2D eigenvalue weighted by molar-refractivity contribution is -0.117. The molecule has 1 fully saturated rings. The summed E-state index contributed by atoms with van der Waals surface area (Å²) in [6.45, 7) is 3.77. The Morgan fingerprint density at radius 1 is 1.08 bits per heavy atom. The van der Waals surface area contributed by atoms with Crippen LogP contribution in [0, 0.1) is 0 Å². The van der Waals surface area contributed by atoms with Gasteiger partial charge in [0.05, 0.1) is 19.3 Å². The van der Waals surface area contributed by atoms with E-state index in [2.05, 4.69) is 15.5 Å². The topological polar surface area (TPSA) is 70.7 Å². The van der Waals surface area contributed by atoms with Crippen LogP contribution in [0.5, 0.6) is 5.75 Å². The second-order valence-corrected chi connectivity index (χ2v) is 6.19. The summed E-state index contributed by atoms with van der Waals surface area (Å²) < 4.78 is 5.29. The minimum Gasteiger partial charge on any atom is -0.495 e. The van der Waals surface area contributed by atoms with Gasteiger partial charge in [0.2, 0.25) is 11.8 Å². The van der Waals surface area contributed by atoms with Crippen LogP contribution in [0.2, 0.25) is 0 Å². The number of likely N-dealkylation sites (tertiary alicyclic amines) is 1. The third-order valence-electron chi connectivity index (χ3n) is 4.11. The van der Waals surface area contributed by atoms with Crippen molar-refractivity contribution < 1.29 is 14.3 Å². The van der Waals surface area contributed by atoms with E-state index >= 15 is 0 Å². The molecule has 2 amide bonds. The van der Waals surface area contributed by atoms with E-state index in [9.17, 15) is 9.59 Å². The lowest BCUT2D eigenvalue weighted by atomic mass is 10.1. The van der Waals surface area contributed by atoms with Crippen LogP contribution in [0.3, 0.4) is 0 Å². The summed E-state index contributed by atoms with van der Waals surface area (Å²) in [5, 5.41) is 5.61. The molecule has 2 rings (SSSR count). The minimum absolute atomic E-state index is 0.0613. The predicted octanol–water partition coefficient (Wildman–Crippen LogP) is 2.86. The van der Waals surface area contributed by atoms with Crippen molar-refractivity contribution in [3.05, 3.63) is 18.2 Å². The molecule has 2 N–H and O–H groups in total. The van der Waals surface area contributed by atoms with Crippen LogP contribution >= 0.6 is 0 Å². The molecule has 1 heterocycles. The molecule has 6 nitrogen and oxygen atoms in total. The zero-order valence-electron chi connectivity index (χ0n) is 14.6. The Balaban J connectivity index is 1.99. The zero-order valence-corrected chi connectivity index (χ0v) is 14.6. The molecule has 0 spiro atoms. The van der Waals surface area contributed by atoms with Crippen molar-refractivity contribution in [2.24, 2.45) is 0 Å². The van der Waals surface area contributed by atoms with E-state index in [-0.39, 0.29) is 11.8 Å². The van der Waals surface area contributed by atoms with Gasteiger partial charge in [-0.3, -0.25) is 14.5 Å². The molecule has 1 aromatic rings. The average Bonchev–Trinajstić information content (AvgIpc) is 2.49. The van der Waals surface area contributed by atoms with E-state index in [0.717, 1.165) is 25.9 Å². The van der Waals surface area contributed by atoms with Gasteiger partial charge in [-0.25, -0.2) is 0 Å². The highest BCUT2D eigenvalue weighted by atomic mass is 16.5. The van der Waals surface area contributed by atoms with Crippen LogP contribution in [0.4, 0.5) is 11.4 Å². The minimum atomic E-state index is -0.155. The molecule has 0 aliphatic carbocycles. The van der Waals surface area contributed by atoms with Gasteiger partial charge in [0.1, 0.15) is 5.75 Å². The molecule has 1 saturated heterocycles. The molecule has 132 valence electrons. The van der Waals surface area contributed by atoms with Crippen LogP contribution in [0.25, 0.3) is 0 Å². The molecular weight excluding hydrogens is 306 g/mol. The largest absolute Gasteiger partial charge is 0.495 e. The molecule has 1 aliphatic rings. The number of hydrogen-bond donors (Lipinski definition) is 2. The Hall–Kier alpha value is -2.08. The molecule has 0 unspecified atom stereocenters. The third kappa shape index (κ3) is 5.85. The zero-order chi connectivity index (χ0) is 17.4. The van der Waals surface area contributed by atoms with Gasteiger partial charge in [0.25, 0.3) is 0 Å². The van der Waals surface area contributed by atoms with E-state index in [1.807, 2.05) is 0 Å². The number of methoxy groups -OCH3 is 1. The number of amides is 2. The molecule has 6 heteroatoms. The monoisotopic (exact) mass is 333 g/mol. The van der Waals surface area contributed by atoms with Crippen LogP contribution in [0.1, 0.15) is 39.0 Å². The Morgan fingerprint density at radius 2 is 1.75 bits per heavy atom. The van der Waals surface area contributed by atoms with Gasteiger partial charge < -0.3 is 15.4 Å². The number of ether oxygens (including phenoxy) is 1. The highest BCUT2D eigenvalue weighted by Crippen LogP contribution is 2.27. The van der Waals surface area contributed by atoms with E-state index < -0.39 is 0 Å². The van der Waals surface area contributed by atoms with Gasteiger partial charge in [-0.2, -0.15) is 0 Å². The van der Waals surface area contributed by atoms with Gasteiger partial charge in [-0.1, -0.05) is 19.3 Å². The summed E-state index contributed by atoms with van der Waals surface area (Å²) in [4.78, 5) is 25.8. The molecular formula is C18H27N3O3. The number of rotatable bonds is 5. The van der Waals surface area contributed by atoms with Crippen molar-refractivity contribution in [1.29, 1.82) is 0 Å². The van der Waals surface area contributed by atoms with Gasteiger partial charge in [-0.05, 0) is 44.1 Å². The predicted molar refractivity (Wildman–Crippen MR) is 95.5 cm³/mol. The molecule has 0 atom stereocenters. The number of anilines is 2. The van der Waals surface area contributed by atoms with Crippen LogP contribution in [0.15, 0.2) is 18.2 Å². The van der Waals surface area contributed by atoms with Crippen LogP contribution < -0.4 is 15.4 Å². The smallest absolute Gasteiger partial charge is 0.238 e. The number of nitrogens with zero attached hydrogens (tertiary/aromatic N) is 1. The van der Waals surface area contributed by atoms with Crippen LogP contribution in [-0.2, 0) is 9.59 Å². The van der Waals surface area contributed by atoms with Gasteiger partial charge >= 0.3 is 0 Å². The first-order valence-electron chi connectivity index (χ1n) is 8.56. The first-order valence-corrected chi connectivity index (χ1v) is 8.56. The molecule has 1 aromatic carbocycles. The van der Waals surface area contributed by atoms with E-state index in [1.165, 1.54) is 26.2 Å². The lowest BCUT2D eigenvalue weighted by Crippen LogP contribution is -2.35. The average molecular weight is 333 g/mol. The maximum absolute atomic E-state index is 12.4. The van der Waals surface area contributed by atoms with Crippen molar-refractivity contribution in [1.82, 2.24) is 4.90 Å². The second kappa shape index (κ2) is 9.27. The Bertz CT molecular complexity index is 567. The second-order valence-electron chi connectivity index (χ2n) is 6.19. The number of carbonyl (C=O) groups is 2. The highest BCUT2D eigenvalue weighted by Gasteiger charge is 2.14. The van der Waals surface area contributed by atoms with E-state index in [4.69, 9.17) is 4.74 Å². The van der Waals surface area contributed by atoms with E-state index in [1.54, 1.807) is 25.3 Å². The van der Waals surface area contributed by atoms with Crippen molar-refractivity contribution in [2.45, 2.75) is 39.0 Å². The summed E-state index contributed by atoms with van der Waals surface area (Å²) in [7, 11) is 1.56. The quantitative estimate of drug-likeness (QED) is 0.869. The standard InChI is InChI=1S/C18H27N3O3/c1-14(22)19-15-8-9-17(24-2)16(12-15)20-18(23)13-21-10-6-4-3-5-7-11-21/h8-9,12H,3-7,10-11,13H2,1-2H3,(H,19,22)(H,20,23). The molecule has 0 radical (unpaired) electrons. The fraction of sp³-hybridized carbons (Fsp3) is 0.556. The van der Waals surface area contributed by atoms with Gasteiger partial charge in [0, 0.05) is 12.6 Å². The molecule has 0 bridgehead atoms. The first kappa shape index (κ1) is 18.3. The van der Waals surface area contributed by atoms with Crippen molar-refractivity contribution in [3.63, 3.8) is 0 Å². The summed E-state index contributed by atoms with van der Waals surface area (Å²) >= 11 is 0. The first-order chi connectivity index (χ1) is 11.6. The van der Waals surface area contributed by atoms with Crippen molar-refractivity contribution in [2.75, 3.05) is 37.4 Å². The SMILES string of the molecule is COc1ccc(NC(C)=O)cc1NC(=O)CN1CCCCCCC1. The van der Waals surface area contributed by atoms with Crippen molar-refractivity contribution in [3.8, 4) is 5.75 Å². The summed E-state index contributed by atoms with van der Waals surface area (Å²) in [6, 6.07) is 5.19. The highest BCUT2D eigenvalue weighted by molar-refractivity contribution is 5.95. The Kier molecular flexibility index (Phi) is 7.06. The Labute approximate surface area is 143 Å². The maximum atomic E-state index is 12.4. The number of nitrogens with one attached hydrogen (secondary N) is 2. The van der Waals surface area contributed by atoms with Gasteiger partial charge in [0.15, 0.2) is 0 Å². The fourth-order valence-corrected chi connectivity index (χ4v) is 2.95.